The van der Waals surface area contributed by atoms with E-state index < -0.39 is 0 Å². The van der Waals surface area contributed by atoms with Crippen molar-refractivity contribution >= 4 is 0 Å². The van der Waals surface area contributed by atoms with Crippen molar-refractivity contribution in [2.24, 2.45) is 5.41 Å². The van der Waals surface area contributed by atoms with Crippen LogP contribution in [0.3, 0.4) is 0 Å². The SMILES string of the molecule is C=C1CC[C@@H](O)C(=C)CCCC(C)(C)CC1. The Labute approximate surface area is 100 Å². The van der Waals surface area contributed by atoms with E-state index in [1.165, 1.54) is 18.4 Å². The van der Waals surface area contributed by atoms with Crippen molar-refractivity contribution in [1.82, 2.24) is 0 Å². The highest BCUT2D eigenvalue weighted by molar-refractivity contribution is 5.05. The van der Waals surface area contributed by atoms with Gasteiger partial charge in [0.15, 0.2) is 0 Å². The van der Waals surface area contributed by atoms with Gasteiger partial charge in [0.2, 0.25) is 0 Å². The lowest BCUT2D eigenvalue weighted by atomic mass is 9.81. The Hall–Kier alpha value is -0.560. The molecule has 1 saturated carbocycles. The molecule has 16 heavy (non-hydrogen) atoms. The molecule has 0 saturated heterocycles. The molecule has 0 aromatic rings. The second-order valence-electron chi connectivity index (χ2n) is 5.98. The van der Waals surface area contributed by atoms with Crippen LogP contribution in [0.2, 0.25) is 0 Å². The van der Waals surface area contributed by atoms with Gasteiger partial charge in [-0.15, -0.1) is 0 Å². The molecule has 0 aromatic carbocycles. The lowest BCUT2D eigenvalue weighted by molar-refractivity contribution is 0.196. The number of allylic oxidation sites excluding steroid dienone is 1. The van der Waals surface area contributed by atoms with Gasteiger partial charge in [0.25, 0.3) is 0 Å². The third-order valence-electron chi connectivity index (χ3n) is 3.75. The summed E-state index contributed by atoms with van der Waals surface area (Å²) in [5.41, 5.74) is 2.69. The minimum absolute atomic E-state index is 0.321. The Morgan fingerprint density at radius 2 is 1.81 bits per heavy atom. The normalized spacial score (nSPS) is 28.6. The van der Waals surface area contributed by atoms with Gasteiger partial charge in [-0.1, -0.05) is 32.6 Å². The topological polar surface area (TPSA) is 20.2 Å². The molecule has 1 heteroatoms. The zero-order chi connectivity index (χ0) is 12.2. The first-order valence-electron chi connectivity index (χ1n) is 6.43. The average molecular weight is 222 g/mol. The lowest BCUT2D eigenvalue weighted by Crippen LogP contribution is -2.11. The molecule has 1 nitrogen and oxygen atoms in total. The molecule has 0 radical (unpaired) electrons. The number of hydrogen-bond donors (Lipinski definition) is 1. The minimum Gasteiger partial charge on any atom is -0.389 e. The standard InChI is InChI=1S/C15H26O/c1-12-7-8-14(16)13(2)6-5-10-15(3,4)11-9-12/h14,16H,1-2,5-11H2,3-4H3/t14-/m1/s1. The molecular formula is C15H26O. The Bertz CT molecular complexity index is 263. The highest BCUT2D eigenvalue weighted by Gasteiger charge is 2.20. The van der Waals surface area contributed by atoms with Crippen molar-refractivity contribution in [2.45, 2.75) is 64.9 Å². The van der Waals surface area contributed by atoms with E-state index in [1.54, 1.807) is 0 Å². The summed E-state index contributed by atoms with van der Waals surface area (Å²) >= 11 is 0. The van der Waals surface area contributed by atoms with Crippen LogP contribution in [0.1, 0.15) is 58.8 Å². The van der Waals surface area contributed by atoms with Crippen molar-refractivity contribution in [3.05, 3.63) is 24.3 Å². The third-order valence-corrected chi connectivity index (χ3v) is 3.75. The molecule has 0 amide bonds. The Morgan fingerprint density at radius 3 is 2.50 bits per heavy atom. The summed E-state index contributed by atoms with van der Waals surface area (Å²) in [6.07, 6.45) is 7.07. The smallest absolute Gasteiger partial charge is 0.0750 e. The summed E-state index contributed by atoms with van der Waals surface area (Å²) in [7, 11) is 0. The molecule has 0 aliphatic heterocycles. The summed E-state index contributed by atoms with van der Waals surface area (Å²) in [6, 6.07) is 0. The maximum Gasteiger partial charge on any atom is 0.0750 e. The first-order valence-corrected chi connectivity index (χ1v) is 6.43. The van der Waals surface area contributed by atoms with Crippen LogP contribution in [-0.4, -0.2) is 11.2 Å². The Kier molecular flexibility index (Phi) is 4.79. The summed E-state index contributed by atoms with van der Waals surface area (Å²) < 4.78 is 0. The van der Waals surface area contributed by atoms with Gasteiger partial charge >= 0.3 is 0 Å². The molecule has 1 atom stereocenters. The molecule has 1 fully saturated rings. The molecule has 1 rings (SSSR count). The van der Waals surface area contributed by atoms with E-state index in [4.69, 9.17) is 0 Å². The summed E-state index contributed by atoms with van der Waals surface area (Å²) in [4.78, 5) is 0. The fourth-order valence-corrected chi connectivity index (χ4v) is 2.27. The van der Waals surface area contributed by atoms with Crippen molar-refractivity contribution < 1.29 is 5.11 Å². The summed E-state index contributed by atoms with van der Waals surface area (Å²) in [5.74, 6) is 0. The van der Waals surface area contributed by atoms with Crippen LogP contribution < -0.4 is 0 Å². The first kappa shape index (κ1) is 13.5. The number of aliphatic hydroxyl groups is 1. The molecule has 0 aromatic heterocycles. The lowest BCUT2D eigenvalue weighted by Gasteiger charge is -2.24. The monoisotopic (exact) mass is 222 g/mol. The zero-order valence-electron chi connectivity index (χ0n) is 10.9. The molecule has 1 aliphatic rings. The van der Waals surface area contributed by atoms with Crippen LogP contribution >= 0.6 is 0 Å². The van der Waals surface area contributed by atoms with Crippen LogP contribution in [0.5, 0.6) is 0 Å². The molecular weight excluding hydrogens is 196 g/mol. The highest BCUT2D eigenvalue weighted by atomic mass is 16.3. The van der Waals surface area contributed by atoms with Gasteiger partial charge in [-0.3, -0.25) is 0 Å². The van der Waals surface area contributed by atoms with Crippen LogP contribution in [0.4, 0.5) is 0 Å². The second-order valence-corrected chi connectivity index (χ2v) is 5.98. The predicted molar refractivity (Wildman–Crippen MR) is 70.4 cm³/mol. The summed E-state index contributed by atoms with van der Waals surface area (Å²) in [5, 5.41) is 9.90. The van der Waals surface area contributed by atoms with Crippen LogP contribution in [0.25, 0.3) is 0 Å². The average Bonchev–Trinajstić information content (AvgIpc) is 2.23. The van der Waals surface area contributed by atoms with Crippen LogP contribution in [0.15, 0.2) is 24.3 Å². The fourth-order valence-electron chi connectivity index (χ4n) is 2.27. The molecule has 0 bridgehead atoms. The zero-order valence-corrected chi connectivity index (χ0v) is 10.9. The maximum atomic E-state index is 9.90. The van der Waals surface area contributed by atoms with Crippen molar-refractivity contribution in [3.63, 3.8) is 0 Å². The third kappa shape index (κ3) is 4.52. The van der Waals surface area contributed by atoms with E-state index >= 15 is 0 Å². The molecule has 1 aliphatic carbocycles. The van der Waals surface area contributed by atoms with Crippen LogP contribution in [0, 0.1) is 5.41 Å². The number of hydrogen-bond acceptors (Lipinski definition) is 1. The van der Waals surface area contributed by atoms with Gasteiger partial charge in [0, 0.05) is 0 Å². The van der Waals surface area contributed by atoms with Gasteiger partial charge < -0.3 is 5.11 Å². The molecule has 1 N–H and O–H groups in total. The van der Waals surface area contributed by atoms with Gasteiger partial charge in [-0.05, 0) is 55.9 Å². The van der Waals surface area contributed by atoms with Crippen molar-refractivity contribution in [3.8, 4) is 0 Å². The largest absolute Gasteiger partial charge is 0.389 e. The molecule has 92 valence electrons. The van der Waals surface area contributed by atoms with E-state index in [0.29, 0.717) is 5.41 Å². The molecule has 0 unspecified atom stereocenters. The minimum atomic E-state index is -0.321. The molecule has 0 spiro atoms. The maximum absolute atomic E-state index is 9.90. The molecule has 0 heterocycles. The van der Waals surface area contributed by atoms with Gasteiger partial charge in [-0.2, -0.15) is 0 Å². The summed E-state index contributed by atoms with van der Waals surface area (Å²) in [6.45, 7) is 12.8. The Morgan fingerprint density at radius 1 is 1.12 bits per heavy atom. The second kappa shape index (κ2) is 5.67. The van der Waals surface area contributed by atoms with Crippen LogP contribution in [-0.2, 0) is 0 Å². The fraction of sp³-hybridized carbons (Fsp3) is 0.733. The van der Waals surface area contributed by atoms with E-state index in [2.05, 4.69) is 27.0 Å². The van der Waals surface area contributed by atoms with E-state index in [9.17, 15) is 5.11 Å². The predicted octanol–water partition coefficient (Wildman–Crippen LogP) is 4.23. The quantitative estimate of drug-likeness (QED) is 0.608. The van der Waals surface area contributed by atoms with Crippen molar-refractivity contribution in [1.29, 1.82) is 0 Å². The highest BCUT2D eigenvalue weighted by Crippen LogP contribution is 2.33. The van der Waals surface area contributed by atoms with Gasteiger partial charge in [0.1, 0.15) is 0 Å². The van der Waals surface area contributed by atoms with Gasteiger partial charge in [-0.25, -0.2) is 0 Å². The number of rotatable bonds is 0. The van der Waals surface area contributed by atoms with Gasteiger partial charge in [0.05, 0.1) is 6.10 Å². The number of aliphatic hydroxyl groups excluding tert-OH is 1. The van der Waals surface area contributed by atoms with E-state index in [1.807, 2.05) is 0 Å². The Balaban J connectivity index is 2.62. The first-order chi connectivity index (χ1) is 7.41. The van der Waals surface area contributed by atoms with Crippen molar-refractivity contribution in [2.75, 3.05) is 0 Å². The van der Waals surface area contributed by atoms with E-state index in [0.717, 1.165) is 37.7 Å². The van der Waals surface area contributed by atoms with E-state index in [-0.39, 0.29) is 6.10 Å².